The second kappa shape index (κ2) is 8.40. The van der Waals surface area contributed by atoms with Crippen LogP contribution in [0.1, 0.15) is 17.3 Å². The third kappa shape index (κ3) is 4.60. The molecule has 0 aliphatic heterocycles. The van der Waals surface area contributed by atoms with E-state index in [2.05, 4.69) is 4.72 Å². The highest BCUT2D eigenvalue weighted by Gasteiger charge is 2.18. The summed E-state index contributed by atoms with van der Waals surface area (Å²) in [6, 6.07) is 17.4. The minimum atomic E-state index is -4.10. The fourth-order valence-electron chi connectivity index (χ4n) is 2.75. The number of hydrogen-bond donors (Lipinski definition) is 1. The van der Waals surface area contributed by atoms with Crippen molar-refractivity contribution < 1.29 is 22.0 Å². The van der Waals surface area contributed by atoms with Crippen molar-refractivity contribution in [2.45, 2.75) is 11.8 Å². The van der Waals surface area contributed by atoms with Crippen molar-refractivity contribution in [3.05, 3.63) is 90.0 Å². The first-order valence-electron chi connectivity index (χ1n) is 8.76. The number of sulfonamides is 1. The fourth-order valence-corrected chi connectivity index (χ4v) is 3.82. The average molecular weight is 416 g/mol. The summed E-state index contributed by atoms with van der Waals surface area (Å²) in [5.74, 6) is -2.62. The molecule has 1 amide bonds. The smallest absolute Gasteiger partial charge is 0.261 e. The predicted octanol–water partition coefficient (Wildman–Crippen LogP) is 4.43. The summed E-state index contributed by atoms with van der Waals surface area (Å²) in [4.78, 5) is 14.0. The van der Waals surface area contributed by atoms with Gasteiger partial charge in [0.25, 0.3) is 15.9 Å². The van der Waals surface area contributed by atoms with Crippen molar-refractivity contribution in [3.63, 3.8) is 0 Å². The number of hydrogen-bond acceptors (Lipinski definition) is 3. The van der Waals surface area contributed by atoms with E-state index in [1.807, 2.05) is 37.3 Å². The van der Waals surface area contributed by atoms with Gasteiger partial charge in [-0.2, -0.15) is 0 Å². The summed E-state index contributed by atoms with van der Waals surface area (Å²) in [6.07, 6.45) is 0. The maximum atomic E-state index is 13.3. The van der Waals surface area contributed by atoms with E-state index in [1.165, 1.54) is 24.3 Å². The van der Waals surface area contributed by atoms with Crippen molar-refractivity contribution >= 4 is 27.3 Å². The van der Waals surface area contributed by atoms with E-state index >= 15 is 0 Å². The summed E-state index contributed by atoms with van der Waals surface area (Å²) in [6.45, 7) is 2.32. The molecule has 150 valence electrons. The Bertz CT molecular complexity index is 1120. The van der Waals surface area contributed by atoms with Gasteiger partial charge >= 0.3 is 0 Å². The summed E-state index contributed by atoms with van der Waals surface area (Å²) < 4.78 is 53.3. The Hall–Kier alpha value is -3.26. The first kappa shape index (κ1) is 20.5. The van der Waals surface area contributed by atoms with Crippen LogP contribution >= 0.6 is 0 Å². The van der Waals surface area contributed by atoms with Crippen LogP contribution in [0.25, 0.3) is 0 Å². The maximum absolute atomic E-state index is 13.3. The second-order valence-electron chi connectivity index (χ2n) is 6.14. The SMILES string of the molecule is CCN(C(=O)c1ccc(NS(=O)(=O)c2ccc(F)c(F)c2)cc1)c1ccccc1. The quantitative estimate of drug-likeness (QED) is 0.646. The molecule has 0 bridgehead atoms. The normalized spacial score (nSPS) is 11.1. The summed E-state index contributed by atoms with van der Waals surface area (Å²) >= 11 is 0. The van der Waals surface area contributed by atoms with Gasteiger partial charge in [-0.15, -0.1) is 0 Å². The van der Waals surface area contributed by atoms with Gasteiger partial charge in [0.05, 0.1) is 4.90 Å². The second-order valence-corrected chi connectivity index (χ2v) is 7.83. The molecule has 0 aromatic heterocycles. The van der Waals surface area contributed by atoms with E-state index in [0.29, 0.717) is 18.2 Å². The van der Waals surface area contributed by atoms with Gasteiger partial charge in [-0.25, -0.2) is 17.2 Å². The zero-order chi connectivity index (χ0) is 21.0. The molecule has 3 rings (SSSR count). The molecule has 0 saturated heterocycles. The van der Waals surface area contributed by atoms with Crippen LogP contribution in [0.4, 0.5) is 20.2 Å². The Morgan fingerprint density at radius 3 is 2.17 bits per heavy atom. The Labute approximate surface area is 167 Å². The molecule has 0 aliphatic rings. The van der Waals surface area contributed by atoms with E-state index in [-0.39, 0.29) is 11.6 Å². The molecule has 0 aliphatic carbocycles. The van der Waals surface area contributed by atoms with E-state index in [9.17, 15) is 22.0 Å². The number of carbonyl (C=O) groups is 1. The lowest BCUT2D eigenvalue weighted by atomic mass is 10.1. The first-order chi connectivity index (χ1) is 13.8. The molecule has 0 heterocycles. The lowest BCUT2D eigenvalue weighted by Crippen LogP contribution is -2.30. The van der Waals surface area contributed by atoms with Crippen LogP contribution in [0.15, 0.2) is 77.7 Å². The molecule has 1 N–H and O–H groups in total. The van der Waals surface area contributed by atoms with Crippen LogP contribution < -0.4 is 9.62 Å². The van der Waals surface area contributed by atoms with E-state index in [1.54, 1.807) is 4.90 Å². The van der Waals surface area contributed by atoms with Gasteiger partial charge in [0, 0.05) is 23.5 Å². The minimum absolute atomic E-state index is 0.189. The largest absolute Gasteiger partial charge is 0.309 e. The Morgan fingerprint density at radius 2 is 1.59 bits per heavy atom. The van der Waals surface area contributed by atoms with Crippen molar-refractivity contribution in [1.82, 2.24) is 0 Å². The van der Waals surface area contributed by atoms with Crippen molar-refractivity contribution in [2.24, 2.45) is 0 Å². The van der Waals surface area contributed by atoms with Gasteiger partial charge in [0.15, 0.2) is 11.6 Å². The van der Waals surface area contributed by atoms with Crippen molar-refractivity contribution in [1.29, 1.82) is 0 Å². The lowest BCUT2D eigenvalue weighted by Gasteiger charge is -2.21. The fraction of sp³-hybridized carbons (Fsp3) is 0.0952. The topological polar surface area (TPSA) is 66.5 Å². The van der Waals surface area contributed by atoms with Crippen molar-refractivity contribution in [3.8, 4) is 0 Å². The zero-order valence-corrected chi connectivity index (χ0v) is 16.3. The van der Waals surface area contributed by atoms with Gasteiger partial charge in [0.2, 0.25) is 0 Å². The summed E-state index contributed by atoms with van der Waals surface area (Å²) in [7, 11) is -4.10. The van der Waals surface area contributed by atoms with Crippen molar-refractivity contribution in [2.75, 3.05) is 16.2 Å². The highest BCUT2D eigenvalue weighted by Crippen LogP contribution is 2.21. The average Bonchev–Trinajstić information content (AvgIpc) is 2.71. The number of rotatable bonds is 6. The molecule has 0 spiro atoms. The Morgan fingerprint density at radius 1 is 0.931 bits per heavy atom. The third-order valence-electron chi connectivity index (χ3n) is 4.21. The molecule has 0 atom stereocenters. The summed E-state index contributed by atoms with van der Waals surface area (Å²) in [5, 5.41) is 0. The first-order valence-corrected chi connectivity index (χ1v) is 10.2. The molecule has 0 unspecified atom stereocenters. The van der Waals surface area contributed by atoms with Gasteiger partial charge < -0.3 is 4.90 Å². The van der Waals surface area contributed by atoms with Crippen LogP contribution in [0.5, 0.6) is 0 Å². The molecule has 0 radical (unpaired) electrons. The van der Waals surface area contributed by atoms with Gasteiger partial charge in [-0.3, -0.25) is 9.52 Å². The standard InChI is InChI=1S/C21H18F2N2O3S/c1-2-25(17-6-4-3-5-7-17)21(26)15-8-10-16(11-9-15)24-29(27,28)18-12-13-19(22)20(23)14-18/h3-14,24H,2H2,1H3. The number of benzene rings is 3. The van der Waals surface area contributed by atoms with Crippen LogP contribution in [-0.4, -0.2) is 20.9 Å². The molecule has 8 heteroatoms. The van der Waals surface area contributed by atoms with E-state index in [0.717, 1.165) is 17.8 Å². The number of carbonyl (C=O) groups excluding carboxylic acids is 1. The van der Waals surface area contributed by atoms with Crippen LogP contribution in [0.2, 0.25) is 0 Å². The molecular formula is C21H18F2N2O3S. The highest BCUT2D eigenvalue weighted by atomic mass is 32.2. The third-order valence-corrected chi connectivity index (χ3v) is 5.59. The Balaban J connectivity index is 1.79. The van der Waals surface area contributed by atoms with E-state index in [4.69, 9.17) is 0 Å². The Kier molecular flexibility index (Phi) is 5.93. The van der Waals surface area contributed by atoms with Gasteiger partial charge in [-0.05, 0) is 61.5 Å². The zero-order valence-electron chi connectivity index (χ0n) is 15.5. The number of halogens is 2. The van der Waals surface area contributed by atoms with Crippen LogP contribution in [-0.2, 0) is 10.0 Å². The molecule has 29 heavy (non-hydrogen) atoms. The monoisotopic (exact) mass is 416 g/mol. The van der Waals surface area contributed by atoms with Gasteiger partial charge in [0.1, 0.15) is 0 Å². The number of anilines is 2. The number of nitrogens with zero attached hydrogens (tertiary/aromatic N) is 1. The van der Waals surface area contributed by atoms with Crippen LogP contribution in [0, 0.1) is 11.6 Å². The number of para-hydroxylation sites is 1. The summed E-state index contributed by atoms with van der Waals surface area (Å²) in [5.41, 5.74) is 1.32. The molecule has 5 nitrogen and oxygen atoms in total. The molecule has 0 saturated carbocycles. The molecular weight excluding hydrogens is 398 g/mol. The maximum Gasteiger partial charge on any atom is 0.261 e. The van der Waals surface area contributed by atoms with Gasteiger partial charge in [-0.1, -0.05) is 18.2 Å². The molecule has 3 aromatic carbocycles. The minimum Gasteiger partial charge on any atom is -0.309 e. The van der Waals surface area contributed by atoms with E-state index < -0.39 is 26.6 Å². The highest BCUT2D eigenvalue weighted by molar-refractivity contribution is 7.92. The molecule has 3 aromatic rings. The molecule has 0 fully saturated rings. The number of amides is 1. The lowest BCUT2D eigenvalue weighted by molar-refractivity contribution is 0.0988. The van der Waals surface area contributed by atoms with Crippen LogP contribution in [0.3, 0.4) is 0 Å². The number of nitrogens with one attached hydrogen (secondary N) is 1. The predicted molar refractivity (Wildman–Crippen MR) is 107 cm³/mol.